The van der Waals surface area contributed by atoms with Gasteiger partial charge in [0.1, 0.15) is 11.9 Å². The van der Waals surface area contributed by atoms with E-state index in [1.54, 1.807) is 6.07 Å². The van der Waals surface area contributed by atoms with E-state index in [1.807, 2.05) is 13.8 Å². The van der Waals surface area contributed by atoms with Crippen molar-refractivity contribution < 1.29 is 14.0 Å². The van der Waals surface area contributed by atoms with Gasteiger partial charge in [0.2, 0.25) is 11.8 Å². The number of carbonyl (C=O) groups is 2. The maximum Gasteiger partial charge on any atom is 0.243 e. The predicted octanol–water partition coefficient (Wildman–Crippen LogP) is 1.96. The lowest BCUT2D eigenvalue weighted by Gasteiger charge is -2.37. The topological polar surface area (TPSA) is 49.4 Å². The fourth-order valence-corrected chi connectivity index (χ4v) is 2.51. The molecule has 1 saturated heterocycles. The lowest BCUT2D eigenvalue weighted by Crippen LogP contribution is -2.59. The largest absolute Gasteiger partial charge is 0.345 e. The first-order chi connectivity index (χ1) is 9.40. The van der Waals surface area contributed by atoms with Crippen LogP contribution in [0.4, 0.5) is 4.39 Å². The molecule has 1 heterocycles. The highest BCUT2D eigenvalue weighted by Gasteiger charge is 2.36. The first-order valence-corrected chi connectivity index (χ1v) is 6.79. The third kappa shape index (κ3) is 2.93. The summed E-state index contributed by atoms with van der Waals surface area (Å²) in [6, 6.07) is 3.73. The maximum absolute atomic E-state index is 13.8. The number of nitrogens with zero attached hydrogens (tertiary/aromatic N) is 1. The van der Waals surface area contributed by atoms with Crippen LogP contribution in [0.25, 0.3) is 0 Å². The van der Waals surface area contributed by atoms with Crippen molar-refractivity contribution >= 4 is 23.4 Å². The van der Waals surface area contributed by atoms with E-state index in [2.05, 4.69) is 5.32 Å². The average molecular weight is 299 g/mol. The minimum absolute atomic E-state index is 0.0444. The highest BCUT2D eigenvalue weighted by Crippen LogP contribution is 2.21. The Labute approximate surface area is 121 Å². The van der Waals surface area contributed by atoms with Crippen LogP contribution >= 0.6 is 11.6 Å². The summed E-state index contributed by atoms with van der Waals surface area (Å²) >= 11 is 5.71. The molecule has 108 valence electrons. The fourth-order valence-electron chi connectivity index (χ4n) is 2.35. The quantitative estimate of drug-likeness (QED) is 0.927. The summed E-state index contributed by atoms with van der Waals surface area (Å²) in [5, 5.41) is 2.86. The van der Waals surface area contributed by atoms with Gasteiger partial charge in [0, 0.05) is 17.1 Å². The molecule has 0 aliphatic carbocycles. The molecule has 1 N–H and O–H groups in total. The number of halogens is 2. The van der Waals surface area contributed by atoms with Gasteiger partial charge in [-0.05, 0) is 18.1 Å². The van der Waals surface area contributed by atoms with Crippen molar-refractivity contribution in [1.82, 2.24) is 10.2 Å². The fraction of sp³-hybridized carbons (Fsp3) is 0.429. The maximum atomic E-state index is 13.8. The van der Waals surface area contributed by atoms with Crippen LogP contribution in [0.3, 0.4) is 0 Å². The van der Waals surface area contributed by atoms with Gasteiger partial charge in [0.05, 0.1) is 6.54 Å². The lowest BCUT2D eigenvalue weighted by atomic mass is 9.98. The van der Waals surface area contributed by atoms with Crippen molar-refractivity contribution in [2.45, 2.75) is 26.4 Å². The first kappa shape index (κ1) is 14.8. The number of benzene rings is 1. The zero-order valence-corrected chi connectivity index (χ0v) is 12.1. The van der Waals surface area contributed by atoms with E-state index < -0.39 is 11.9 Å². The molecule has 0 spiro atoms. The Hall–Kier alpha value is -1.62. The number of piperazine rings is 1. The summed E-state index contributed by atoms with van der Waals surface area (Å²) in [7, 11) is 0. The van der Waals surface area contributed by atoms with E-state index in [0.717, 1.165) is 0 Å². The Morgan fingerprint density at radius 3 is 2.75 bits per heavy atom. The van der Waals surface area contributed by atoms with Gasteiger partial charge < -0.3 is 10.2 Å². The number of amides is 2. The second-order valence-corrected chi connectivity index (χ2v) is 5.60. The van der Waals surface area contributed by atoms with Gasteiger partial charge in [-0.3, -0.25) is 9.59 Å². The van der Waals surface area contributed by atoms with Gasteiger partial charge >= 0.3 is 0 Å². The van der Waals surface area contributed by atoms with Gasteiger partial charge in [-0.1, -0.05) is 31.5 Å². The molecule has 0 bridgehead atoms. The van der Waals surface area contributed by atoms with Gasteiger partial charge in [-0.15, -0.1) is 0 Å². The van der Waals surface area contributed by atoms with Crippen LogP contribution in [-0.2, 0) is 16.1 Å². The summed E-state index contributed by atoms with van der Waals surface area (Å²) in [6.45, 7) is 3.73. The minimum atomic E-state index is -0.577. The minimum Gasteiger partial charge on any atom is -0.345 e. The van der Waals surface area contributed by atoms with Crippen LogP contribution in [0.15, 0.2) is 18.2 Å². The molecule has 1 unspecified atom stereocenters. The number of carbonyl (C=O) groups excluding carboxylic acids is 2. The monoisotopic (exact) mass is 298 g/mol. The predicted molar refractivity (Wildman–Crippen MR) is 73.6 cm³/mol. The van der Waals surface area contributed by atoms with E-state index in [4.69, 9.17) is 11.6 Å². The van der Waals surface area contributed by atoms with Crippen LogP contribution in [0, 0.1) is 11.7 Å². The normalized spacial score (nSPS) is 19.4. The zero-order valence-electron chi connectivity index (χ0n) is 11.3. The van der Waals surface area contributed by atoms with Crippen LogP contribution in [0.1, 0.15) is 19.4 Å². The summed E-state index contributed by atoms with van der Waals surface area (Å²) in [6.07, 6.45) is 0. The summed E-state index contributed by atoms with van der Waals surface area (Å²) in [5.74, 6) is -0.931. The van der Waals surface area contributed by atoms with Gasteiger partial charge in [-0.2, -0.15) is 0 Å². The van der Waals surface area contributed by atoms with Crippen molar-refractivity contribution in [3.63, 3.8) is 0 Å². The van der Waals surface area contributed by atoms with Crippen molar-refractivity contribution in [1.29, 1.82) is 0 Å². The molecular formula is C14H16ClFN2O2. The Kier molecular flexibility index (Phi) is 4.28. The van der Waals surface area contributed by atoms with E-state index in [0.29, 0.717) is 10.6 Å². The van der Waals surface area contributed by atoms with E-state index in [-0.39, 0.29) is 30.8 Å². The summed E-state index contributed by atoms with van der Waals surface area (Å²) in [4.78, 5) is 25.3. The standard InChI is InChI=1S/C14H16ClFN2O2/c1-8(2)13-14(20)17-6-12(19)18(13)7-9-3-4-10(15)5-11(9)16/h3-5,8,13H,6-7H2,1-2H3,(H,17,20). The van der Waals surface area contributed by atoms with Gasteiger partial charge in [0.25, 0.3) is 0 Å². The molecule has 1 aliphatic rings. The molecular weight excluding hydrogens is 283 g/mol. The molecule has 20 heavy (non-hydrogen) atoms. The molecule has 1 fully saturated rings. The molecule has 0 radical (unpaired) electrons. The van der Waals surface area contributed by atoms with E-state index in [1.165, 1.54) is 17.0 Å². The molecule has 0 saturated carbocycles. The highest BCUT2D eigenvalue weighted by atomic mass is 35.5. The van der Waals surface area contributed by atoms with Crippen LogP contribution in [0.2, 0.25) is 5.02 Å². The molecule has 1 aromatic carbocycles. The number of hydrogen-bond donors (Lipinski definition) is 1. The van der Waals surface area contributed by atoms with Gasteiger partial charge in [-0.25, -0.2) is 4.39 Å². The van der Waals surface area contributed by atoms with Crippen LogP contribution in [0.5, 0.6) is 0 Å². The van der Waals surface area contributed by atoms with E-state index in [9.17, 15) is 14.0 Å². The van der Waals surface area contributed by atoms with Crippen LogP contribution < -0.4 is 5.32 Å². The number of nitrogens with one attached hydrogen (secondary N) is 1. The van der Waals surface area contributed by atoms with Crippen LogP contribution in [-0.4, -0.2) is 29.3 Å². The van der Waals surface area contributed by atoms with E-state index >= 15 is 0 Å². The molecule has 4 nitrogen and oxygen atoms in total. The van der Waals surface area contributed by atoms with Crippen molar-refractivity contribution in [3.8, 4) is 0 Å². The van der Waals surface area contributed by atoms with Crippen molar-refractivity contribution in [3.05, 3.63) is 34.6 Å². The molecule has 2 rings (SSSR count). The summed E-state index contributed by atoms with van der Waals surface area (Å²) < 4.78 is 13.8. The molecule has 6 heteroatoms. The number of rotatable bonds is 3. The molecule has 1 atom stereocenters. The smallest absolute Gasteiger partial charge is 0.243 e. The molecule has 0 aromatic heterocycles. The highest BCUT2D eigenvalue weighted by molar-refractivity contribution is 6.30. The Morgan fingerprint density at radius 2 is 2.15 bits per heavy atom. The molecule has 2 amide bonds. The number of hydrogen-bond acceptors (Lipinski definition) is 2. The van der Waals surface area contributed by atoms with Gasteiger partial charge in [0.15, 0.2) is 0 Å². The Morgan fingerprint density at radius 1 is 1.45 bits per heavy atom. The van der Waals surface area contributed by atoms with Crippen molar-refractivity contribution in [2.24, 2.45) is 5.92 Å². The average Bonchev–Trinajstić information content (AvgIpc) is 2.36. The Bertz CT molecular complexity index is 548. The second-order valence-electron chi connectivity index (χ2n) is 5.16. The third-order valence-corrected chi connectivity index (χ3v) is 3.56. The lowest BCUT2D eigenvalue weighted by molar-refractivity contribution is -0.148. The molecule has 1 aliphatic heterocycles. The SMILES string of the molecule is CC(C)C1C(=O)NCC(=O)N1Cc1ccc(Cl)cc1F. The zero-order chi connectivity index (χ0) is 14.9. The summed E-state index contributed by atoms with van der Waals surface area (Å²) in [5.41, 5.74) is 0.350. The van der Waals surface area contributed by atoms with Crippen molar-refractivity contribution in [2.75, 3.05) is 6.54 Å². The second kappa shape index (κ2) is 5.79. The Balaban J connectivity index is 2.28. The first-order valence-electron chi connectivity index (χ1n) is 6.41. The molecule has 1 aromatic rings. The third-order valence-electron chi connectivity index (χ3n) is 3.33.